The van der Waals surface area contributed by atoms with E-state index < -0.39 is 0 Å². The topological polar surface area (TPSA) is 75.1 Å². The standard InChI is InChI=1S/C11H15N5OS2/c1-7-13-9(4-10-14-15-11(17)16(7)10)12-5-8-6-18-2-3-19-8/h4,8,12H,2-3,5-6H2,1H3,(H,15,17). The number of fused-ring (bicyclic) bond motifs is 1. The van der Waals surface area contributed by atoms with E-state index in [9.17, 15) is 4.79 Å². The SMILES string of the molecule is Cc1nc(NCC2CSCCS2)cc2n[nH]c(=O)n12. The zero-order valence-electron chi connectivity index (χ0n) is 10.5. The zero-order chi connectivity index (χ0) is 13.2. The van der Waals surface area contributed by atoms with Gasteiger partial charge in [-0.15, -0.1) is 0 Å². The molecular weight excluding hydrogens is 282 g/mol. The molecule has 1 saturated heterocycles. The smallest absolute Gasteiger partial charge is 0.349 e. The number of anilines is 1. The molecule has 2 N–H and O–H groups in total. The van der Waals surface area contributed by atoms with Crippen LogP contribution >= 0.6 is 23.5 Å². The number of hydrogen-bond acceptors (Lipinski definition) is 6. The van der Waals surface area contributed by atoms with Crippen LogP contribution < -0.4 is 11.0 Å². The highest BCUT2D eigenvalue weighted by Gasteiger charge is 2.14. The van der Waals surface area contributed by atoms with E-state index in [1.54, 1.807) is 13.0 Å². The maximum Gasteiger partial charge on any atom is 0.349 e. The molecule has 1 aliphatic rings. The third kappa shape index (κ3) is 2.74. The van der Waals surface area contributed by atoms with E-state index in [4.69, 9.17) is 0 Å². The van der Waals surface area contributed by atoms with Gasteiger partial charge >= 0.3 is 5.69 Å². The van der Waals surface area contributed by atoms with Gasteiger partial charge in [0.2, 0.25) is 0 Å². The van der Waals surface area contributed by atoms with Crippen LogP contribution in [0, 0.1) is 6.92 Å². The predicted octanol–water partition coefficient (Wildman–Crippen LogP) is 0.987. The van der Waals surface area contributed by atoms with Crippen molar-refractivity contribution in [1.29, 1.82) is 0 Å². The molecule has 0 amide bonds. The van der Waals surface area contributed by atoms with Crippen molar-refractivity contribution in [2.24, 2.45) is 0 Å². The minimum Gasteiger partial charge on any atom is -0.369 e. The predicted molar refractivity (Wildman–Crippen MR) is 80.4 cm³/mol. The van der Waals surface area contributed by atoms with E-state index in [0.717, 1.165) is 12.4 Å². The molecule has 8 heteroatoms. The minimum atomic E-state index is -0.245. The average molecular weight is 297 g/mol. The van der Waals surface area contributed by atoms with Gasteiger partial charge in [-0.3, -0.25) is 0 Å². The fraction of sp³-hybridized carbons (Fsp3) is 0.545. The molecule has 6 nitrogen and oxygen atoms in total. The maximum atomic E-state index is 11.5. The first-order valence-electron chi connectivity index (χ1n) is 6.12. The lowest BCUT2D eigenvalue weighted by atomic mass is 10.4. The third-order valence-electron chi connectivity index (χ3n) is 2.97. The number of H-pyrrole nitrogens is 1. The van der Waals surface area contributed by atoms with E-state index in [1.165, 1.54) is 21.7 Å². The van der Waals surface area contributed by atoms with Gasteiger partial charge in [0.05, 0.1) is 0 Å². The minimum absolute atomic E-state index is 0.245. The Hall–Kier alpha value is -1.15. The second-order valence-electron chi connectivity index (χ2n) is 4.36. The van der Waals surface area contributed by atoms with Gasteiger partial charge in [-0.25, -0.2) is 19.3 Å². The molecule has 2 aromatic rings. The normalized spacial score (nSPS) is 19.7. The summed E-state index contributed by atoms with van der Waals surface area (Å²) in [6, 6.07) is 1.80. The lowest BCUT2D eigenvalue weighted by molar-refractivity contribution is 0.924. The van der Waals surface area contributed by atoms with Crippen molar-refractivity contribution < 1.29 is 0 Å². The number of aromatic nitrogens is 4. The fourth-order valence-corrected chi connectivity index (χ4v) is 4.67. The molecule has 1 atom stereocenters. The Labute approximate surface area is 118 Å². The molecule has 0 aliphatic carbocycles. The summed E-state index contributed by atoms with van der Waals surface area (Å²) in [5, 5.41) is 10.4. The highest BCUT2D eigenvalue weighted by Crippen LogP contribution is 2.24. The molecule has 102 valence electrons. The van der Waals surface area contributed by atoms with Gasteiger partial charge in [0.15, 0.2) is 5.65 Å². The van der Waals surface area contributed by atoms with Crippen molar-refractivity contribution in [3.63, 3.8) is 0 Å². The summed E-state index contributed by atoms with van der Waals surface area (Å²) in [5.74, 6) is 5.07. The first-order chi connectivity index (χ1) is 9.24. The van der Waals surface area contributed by atoms with Crippen molar-refractivity contribution in [2.75, 3.05) is 29.1 Å². The first kappa shape index (κ1) is 12.9. The van der Waals surface area contributed by atoms with Crippen LogP contribution in [0.2, 0.25) is 0 Å². The Morgan fingerprint density at radius 1 is 1.58 bits per heavy atom. The summed E-state index contributed by atoms with van der Waals surface area (Å²) in [6.45, 7) is 2.70. The molecular formula is C11H15N5OS2. The summed E-state index contributed by atoms with van der Waals surface area (Å²) < 4.78 is 1.47. The molecule has 3 rings (SSSR count). The highest BCUT2D eigenvalue weighted by atomic mass is 32.2. The largest absolute Gasteiger partial charge is 0.369 e. The van der Waals surface area contributed by atoms with Gasteiger partial charge in [0.1, 0.15) is 11.6 Å². The van der Waals surface area contributed by atoms with Crippen molar-refractivity contribution in [3.8, 4) is 0 Å². The number of nitrogens with one attached hydrogen (secondary N) is 2. The molecule has 1 unspecified atom stereocenters. The summed E-state index contributed by atoms with van der Waals surface area (Å²) >= 11 is 4.01. The molecule has 1 fully saturated rings. The molecule has 3 heterocycles. The fourth-order valence-electron chi connectivity index (χ4n) is 2.06. The van der Waals surface area contributed by atoms with E-state index in [-0.39, 0.29) is 5.69 Å². The van der Waals surface area contributed by atoms with Crippen LogP contribution in [0.3, 0.4) is 0 Å². The average Bonchev–Trinajstić information content (AvgIpc) is 2.80. The summed E-state index contributed by atoms with van der Waals surface area (Å²) in [6.07, 6.45) is 0. The van der Waals surface area contributed by atoms with E-state index in [0.29, 0.717) is 16.7 Å². The van der Waals surface area contributed by atoms with Gasteiger partial charge in [-0.2, -0.15) is 28.6 Å². The second kappa shape index (κ2) is 5.46. The Morgan fingerprint density at radius 2 is 2.47 bits per heavy atom. The third-order valence-corrected chi connectivity index (χ3v) is 5.81. The number of hydrogen-bond donors (Lipinski definition) is 2. The molecule has 0 radical (unpaired) electrons. The molecule has 0 bridgehead atoms. The van der Waals surface area contributed by atoms with Crippen molar-refractivity contribution >= 4 is 35.0 Å². The van der Waals surface area contributed by atoms with Crippen LogP contribution in [0.1, 0.15) is 5.82 Å². The van der Waals surface area contributed by atoms with Crippen molar-refractivity contribution in [1.82, 2.24) is 19.6 Å². The number of aryl methyl sites for hydroxylation is 1. The quantitative estimate of drug-likeness (QED) is 0.880. The van der Waals surface area contributed by atoms with Crippen LogP contribution in [0.25, 0.3) is 5.65 Å². The Bertz CT molecular complexity index is 632. The van der Waals surface area contributed by atoms with E-state index in [1.807, 2.05) is 23.5 Å². The molecule has 1 aliphatic heterocycles. The number of nitrogens with zero attached hydrogens (tertiary/aromatic N) is 3. The van der Waals surface area contributed by atoms with Crippen molar-refractivity contribution in [2.45, 2.75) is 12.2 Å². The van der Waals surface area contributed by atoms with E-state index >= 15 is 0 Å². The molecule has 19 heavy (non-hydrogen) atoms. The lowest BCUT2D eigenvalue weighted by Crippen LogP contribution is -2.24. The monoisotopic (exact) mass is 297 g/mol. The van der Waals surface area contributed by atoms with Gasteiger partial charge < -0.3 is 5.32 Å². The lowest BCUT2D eigenvalue weighted by Gasteiger charge is -2.21. The maximum absolute atomic E-state index is 11.5. The van der Waals surface area contributed by atoms with E-state index in [2.05, 4.69) is 20.5 Å². The van der Waals surface area contributed by atoms with Crippen LogP contribution in [0.5, 0.6) is 0 Å². The number of rotatable bonds is 3. The summed E-state index contributed by atoms with van der Waals surface area (Å²) in [4.78, 5) is 15.9. The Kier molecular flexibility index (Phi) is 3.69. The second-order valence-corrected chi connectivity index (χ2v) is 6.92. The summed E-state index contributed by atoms with van der Waals surface area (Å²) in [5.41, 5.74) is 0.358. The first-order valence-corrected chi connectivity index (χ1v) is 8.32. The van der Waals surface area contributed by atoms with Gasteiger partial charge in [0, 0.05) is 35.1 Å². The molecule has 0 aromatic carbocycles. The zero-order valence-corrected chi connectivity index (χ0v) is 12.2. The molecule has 0 spiro atoms. The van der Waals surface area contributed by atoms with Gasteiger partial charge in [0.25, 0.3) is 0 Å². The highest BCUT2D eigenvalue weighted by molar-refractivity contribution is 8.06. The van der Waals surface area contributed by atoms with Crippen LogP contribution in [-0.2, 0) is 0 Å². The molecule has 2 aromatic heterocycles. The Morgan fingerprint density at radius 3 is 3.26 bits per heavy atom. The van der Waals surface area contributed by atoms with Crippen LogP contribution in [0.15, 0.2) is 10.9 Å². The van der Waals surface area contributed by atoms with Crippen molar-refractivity contribution in [3.05, 3.63) is 22.4 Å². The Balaban J connectivity index is 1.75. The summed E-state index contributed by atoms with van der Waals surface area (Å²) in [7, 11) is 0. The van der Waals surface area contributed by atoms with Gasteiger partial charge in [-0.05, 0) is 6.92 Å². The van der Waals surface area contributed by atoms with Crippen LogP contribution in [-0.4, -0.2) is 48.6 Å². The van der Waals surface area contributed by atoms with Crippen LogP contribution in [0.4, 0.5) is 5.82 Å². The van der Waals surface area contributed by atoms with Gasteiger partial charge in [-0.1, -0.05) is 0 Å². The number of thioether (sulfide) groups is 2. The molecule has 0 saturated carbocycles. The number of aromatic amines is 1.